The fourth-order valence-electron chi connectivity index (χ4n) is 0.802. The van der Waals surface area contributed by atoms with Gasteiger partial charge in [-0.1, -0.05) is 35.6 Å². The second kappa shape index (κ2) is 5.18. The van der Waals surface area contributed by atoms with Crippen LogP contribution in [0.15, 0.2) is 35.9 Å². The van der Waals surface area contributed by atoms with E-state index >= 15 is 0 Å². The number of hydrogen-bond acceptors (Lipinski definition) is 1. The molecule has 0 unspecified atom stereocenters. The molecule has 2 heteroatoms. The van der Waals surface area contributed by atoms with Gasteiger partial charge < -0.3 is 0 Å². The Bertz CT molecular complexity index is 365. The number of allylic oxidation sites excluding steroid dienone is 1. The van der Waals surface area contributed by atoms with Gasteiger partial charge in [-0.2, -0.15) is 0 Å². The summed E-state index contributed by atoms with van der Waals surface area (Å²) in [4.78, 5) is 10.3. The van der Waals surface area contributed by atoms with E-state index in [1.165, 1.54) is 5.54 Å². The quantitative estimate of drug-likeness (QED) is 0.492. The van der Waals surface area contributed by atoms with Gasteiger partial charge in [0, 0.05) is 16.7 Å². The van der Waals surface area contributed by atoms with E-state index in [9.17, 15) is 4.79 Å². The van der Waals surface area contributed by atoms with Crippen LogP contribution in [-0.2, 0) is 0 Å². The van der Waals surface area contributed by atoms with Gasteiger partial charge in [-0.25, -0.2) is 0 Å². The molecule has 0 aliphatic heterocycles. The minimum atomic E-state index is 0.651. The van der Waals surface area contributed by atoms with Crippen LogP contribution in [0.2, 0.25) is 0 Å². The minimum Gasteiger partial charge on any atom is -0.298 e. The van der Waals surface area contributed by atoms with Gasteiger partial charge in [0.25, 0.3) is 0 Å². The van der Waals surface area contributed by atoms with E-state index in [0.29, 0.717) is 5.56 Å². The van der Waals surface area contributed by atoms with Gasteiger partial charge in [-0.3, -0.25) is 4.79 Å². The average Bonchev–Trinajstić information content (AvgIpc) is 2.19. The lowest BCUT2D eigenvalue weighted by molar-refractivity contribution is 0.112. The van der Waals surface area contributed by atoms with Gasteiger partial charge in [0.05, 0.1) is 0 Å². The van der Waals surface area contributed by atoms with Crippen molar-refractivity contribution in [2.75, 3.05) is 0 Å². The highest BCUT2D eigenvalue weighted by molar-refractivity contribution is 6.25. The maximum absolute atomic E-state index is 10.3. The maximum atomic E-state index is 10.3. The third-order valence-corrected chi connectivity index (χ3v) is 1.54. The molecule has 0 saturated carbocycles. The van der Waals surface area contributed by atoms with Gasteiger partial charge in [0.15, 0.2) is 0 Å². The normalized spacial score (nSPS) is 9.31. The topological polar surface area (TPSA) is 17.1 Å². The van der Waals surface area contributed by atoms with Crippen LogP contribution in [0.5, 0.6) is 0 Å². The molecule has 0 spiro atoms. The molecule has 0 saturated heterocycles. The molecule has 0 heterocycles. The summed E-state index contributed by atoms with van der Waals surface area (Å²) in [5, 5.41) is 0. The van der Waals surface area contributed by atoms with Gasteiger partial charge in [0.1, 0.15) is 6.29 Å². The summed E-state index contributed by atoms with van der Waals surface area (Å²) in [6.07, 6.45) is 2.35. The zero-order valence-electron chi connectivity index (χ0n) is 6.83. The Kier molecular flexibility index (Phi) is 3.81. The van der Waals surface area contributed by atoms with Crippen molar-refractivity contribution in [3.8, 4) is 11.8 Å². The molecule has 0 radical (unpaired) electrons. The molecule has 0 N–H and O–H groups in total. The summed E-state index contributed by atoms with van der Waals surface area (Å²) in [7, 11) is 0. The first-order valence-electron chi connectivity index (χ1n) is 3.69. The Morgan fingerprint density at radius 2 is 1.92 bits per heavy atom. The smallest absolute Gasteiger partial charge is 0.150 e. The number of benzene rings is 1. The Balaban J connectivity index is 2.82. The third-order valence-electron chi connectivity index (χ3n) is 1.41. The summed E-state index contributed by atoms with van der Waals surface area (Å²) < 4.78 is 0. The molecular formula is C11H7ClO. The van der Waals surface area contributed by atoms with Crippen molar-refractivity contribution >= 4 is 17.9 Å². The number of halogens is 1. The molecule has 0 aromatic heterocycles. The van der Waals surface area contributed by atoms with Crippen molar-refractivity contribution in [2.45, 2.75) is 0 Å². The summed E-state index contributed by atoms with van der Waals surface area (Å²) in [6, 6.07) is 7.03. The number of carbonyl (C=O) groups excluding carboxylic acids is 1. The maximum Gasteiger partial charge on any atom is 0.150 e. The lowest BCUT2D eigenvalue weighted by Crippen LogP contribution is -1.79. The van der Waals surface area contributed by atoms with Crippen molar-refractivity contribution in [3.05, 3.63) is 47.0 Å². The highest BCUT2D eigenvalue weighted by Crippen LogP contribution is 2.00. The second-order valence-corrected chi connectivity index (χ2v) is 2.55. The van der Waals surface area contributed by atoms with Crippen molar-refractivity contribution in [2.24, 2.45) is 0 Å². The highest BCUT2D eigenvalue weighted by Gasteiger charge is 1.87. The first-order chi connectivity index (χ1) is 6.36. The molecule has 1 rings (SSSR count). The van der Waals surface area contributed by atoms with Crippen LogP contribution in [0.3, 0.4) is 0 Å². The molecule has 13 heavy (non-hydrogen) atoms. The SMILES string of the molecule is O=Cc1ccc(C#C/C=C/Cl)cc1. The average molecular weight is 191 g/mol. The summed E-state index contributed by atoms with van der Waals surface area (Å²) in [5.41, 5.74) is 2.87. The fraction of sp³-hybridized carbons (Fsp3) is 0. The van der Waals surface area contributed by atoms with E-state index in [0.717, 1.165) is 11.8 Å². The third kappa shape index (κ3) is 3.14. The van der Waals surface area contributed by atoms with Crippen molar-refractivity contribution in [1.29, 1.82) is 0 Å². The Morgan fingerprint density at radius 1 is 1.23 bits per heavy atom. The zero-order valence-corrected chi connectivity index (χ0v) is 7.58. The molecule has 1 aromatic carbocycles. The molecule has 0 fully saturated rings. The molecular weight excluding hydrogens is 184 g/mol. The van der Waals surface area contributed by atoms with Crippen LogP contribution in [0, 0.1) is 11.8 Å². The van der Waals surface area contributed by atoms with Gasteiger partial charge in [-0.05, 0) is 18.2 Å². The lowest BCUT2D eigenvalue weighted by Gasteiger charge is -1.89. The number of carbonyl (C=O) groups is 1. The predicted molar refractivity (Wildman–Crippen MR) is 53.7 cm³/mol. The number of rotatable bonds is 1. The standard InChI is InChI=1S/C11H7ClO/c12-8-2-1-3-10-4-6-11(9-13)7-5-10/h2,4-9H/b8-2+. The largest absolute Gasteiger partial charge is 0.298 e. The second-order valence-electron chi connectivity index (χ2n) is 2.30. The minimum absolute atomic E-state index is 0.651. The monoisotopic (exact) mass is 190 g/mol. The van der Waals surface area contributed by atoms with Crippen LogP contribution < -0.4 is 0 Å². The lowest BCUT2D eigenvalue weighted by atomic mass is 10.1. The van der Waals surface area contributed by atoms with Crippen LogP contribution in [0.25, 0.3) is 0 Å². The zero-order chi connectivity index (χ0) is 9.52. The van der Waals surface area contributed by atoms with Crippen LogP contribution in [-0.4, -0.2) is 6.29 Å². The molecule has 0 atom stereocenters. The van der Waals surface area contributed by atoms with E-state index in [1.54, 1.807) is 30.3 Å². The van der Waals surface area contributed by atoms with Gasteiger partial charge in [-0.15, -0.1) is 0 Å². The molecule has 0 bridgehead atoms. The molecule has 0 amide bonds. The first-order valence-corrected chi connectivity index (χ1v) is 4.12. The molecule has 0 aliphatic rings. The summed E-state index contributed by atoms with van der Waals surface area (Å²) >= 11 is 5.29. The highest BCUT2D eigenvalue weighted by atomic mass is 35.5. The van der Waals surface area contributed by atoms with Crippen molar-refractivity contribution in [1.82, 2.24) is 0 Å². The van der Waals surface area contributed by atoms with E-state index in [-0.39, 0.29) is 0 Å². The van der Waals surface area contributed by atoms with E-state index in [1.807, 2.05) is 0 Å². The summed E-state index contributed by atoms with van der Waals surface area (Å²) in [6.45, 7) is 0. The number of aldehydes is 1. The van der Waals surface area contributed by atoms with Gasteiger partial charge >= 0.3 is 0 Å². The van der Waals surface area contributed by atoms with Gasteiger partial charge in [0.2, 0.25) is 0 Å². The van der Waals surface area contributed by atoms with Crippen LogP contribution in [0.1, 0.15) is 15.9 Å². The summed E-state index contributed by atoms with van der Waals surface area (Å²) in [5.74, 6) is 5.60. The predicted octanol–water partition coefficient (Wildman–Crippen LogP) is 2.60. The number of hydrogen-bond donors (Lipinski definition) is 0. The Morgan fingerprint density at radius 3 is 2.46 bits per heavy atom. The van der Waals surface area contributed by atoms with E-state index in [2.05, 4.69) is 11.8 Å². The van der Waals surface area contributed by atoms with E-state index < -0.39 is 0 Å². The van der Waals surface area contributed by atoms with Crippen molar-refractivity contribution in [3.63, 3.8) is 0 Å². The Hall–Kier alpha value is -1.52. The fourth-order valence-corrected chi connectivity index (χ4v) is 0.865. The Labute approximate surface area is 82.0 Å². The molecule has 0 aliphatic carbocycles. The van der Waals surface area contributed by atoms with Crippen molar-refractivity contribution < 1.29 is 4.79 Å². The molecule has 1 aromatic rings. The molecule has 1 nitrogen and oxygen atoms in total. The van der Waals surface area contributed by atoms with Crippen LogP contribution in [0.4, 0.5) is 0 Å². The van der Waals surface area contributed by atoms with Crippen LogP contribution >= 0.6 is 11.6 Å². The molecule has 64 valence electrons. The first kappa shape index (κ1) is 9.57. The van der Waals surface area contributed by atoms with E-state index in [4.69, 9.17) is 11.6 Å².